The van der Waals surface area contributed by atoms with Gasteiger partial charge in [0.2, 0.25) is 0 Å². The minimum absolute atomic E-state index is 0.160. The van der Waals surface area contributed by atoms with E-state index in [-0.39, 0.29) is 11.5 Å². The maximum Gasteiger partial charge on any atom is 0.256 e. The first-order chi connectivity index (χ1) is 18.2. The van der Waals surface area contributed by atoms with Gasteiger partial charge in [-0.3, -0.25) is 20.2 Å². The van der Waals surface area contributed by atoms with Crippen molar-refractivity contribution in [2.24, 2.45) is 0 Å². The fourth-order valence-electron chi connectivity index (χ4n) is 5.53. The monoisotopic (exact) mass is 619 g/mol. The summed E-state index contributed by atoms with van der Waals surface area (Å²) >= 11 is 15.9. The molecule has 0 radical (unpaired) electrons. The van der Waals surface area contributed by atoms with E-state index in [0.717, 1.165) is 5.56 Å². The third-order valence-corrected chi connectivity index (χ3v) is 8.24. The van der Waals surface area contributed by atoms with Gasteiger partial charge < -0.3 is 14.8 Å². The molecular formula is C27H24BrCl2N3O5. The van der Waals surface area contributed by atoms with Gasteiger partial charge in [0.1, 0.15) is 6.61 Å². The number of hydrogen-bond acceptors (Lipinski definition) is 6. The molecule has 1 amide bonds. The molecule has 3 aromatic rings. The normalized spacial score (nSPS) is 23.8. The van der Waals surface area contributed by atoms with Crippen LogP contribution in [0.1, 0.15) is 36.5 Å². The van der Waals surface area contributed by atoms with Gasteiger partial charge in [-0.25, -0.2) is 0 Å². The molecule has 38 heavy (non-hydrogen) atoms. The number of nitro groups is 1. The van der Waals surface area contributed by atoms with Gasteiger partial charge in [-0.2, -0.15) is 0 Å². The SMILES string of the molecule is CCOc1cc([C@@H]2[C@H](C)N[C@@]3(C(=O)Nc4ccccc43)[C@H]2[N+](=O)[O-])cc(Br)c1OCc1ccc(Cl)cc1Cl. The van der Waals surface area contributed by atoms with Crippen molar-refractivity contribution in [3.05, 3.63) is 95.9 Å². The van der Waals surface area contributed by atoms with Crippen LogP contribution in [-0.4, -0.2) is 29.5 Å². The zero-order valence-corrected chi connectivity index (χ0v) is 23.6. The summed E-state index contributed by atoms with van der Waals surface area (Å²) in [6.45, 7) is 4.21. The molecule has 198 valence electrons. The summed E-state index contributed by atoms with van der Waals surface area (Å²) in [5, 5.41) is 19.7. The highest BCUT2D eigenvalue weighted by atomic mass is 79.9. The molecule has 8 nitrogen and oxygen atoms in total. The largest absolute Gasteiger partial charge is 0.490 e. The fourth-order valence-corrected chi connectivity index (χ4v) is 6.56. The molecule has 2 aliphatic rings. The Balaban J connectivity index is 1.54. The molecular weight excluding hydrogens is 597 g/mol. The van der Waals surface area contributed by atoms with Gasteiger partial charge in [0.05, 0.1) is 17.0 Å². The zero-order chi connectivity index (χ0) is 27.2. The van der Waals surface area contributed by atoms with E-state index in [1.807, 2.05) is 13.8 Å². The number of ether oxygens (including phenoxy) is 2. The summed E-state index contributed by atoms with van der Waals surface area (Å²) in [5.74, 6) is -0.208. The molecule has 0 bridgehead atoms. The Morgan fingerprint density at radius 1 is 1.13 bits per heavy atom. The highest BCUT2D eigenvalue weighted by Crippen LogP contribution is 2.51. The van der Waals surface area contributed by atoms with Gasteiger partial charge in [0.15, 0.2) is 17.0 Å². The van der Waals surface area contributed by atoms with Crippen molar-refractivity contribution in [3.8, 4) is 11.5 Å². The number of fused-ring (bicyclic) bond motifs is 2. The molecule has 4 atom stereocenters. The van der Waals surface area contributed by atoms with E-state index < -0.39 is 29.4 Å². The standard InChI is InChI=1S/C27H24BrCl2N3O5/c1-3-37-22-11-16(10-19(28)24(22)38-13-15-8-9-17(29)12-20(15)30)23-14(2)32-27(25(23)33(35)36)18-6-4-5-7-21(18)31-26(27)34/h4-12,14,23,25,32H,3,13H2,1-2H3,(H,31,34)/t14-,23-,25-,27+/m0/s1. The highest BCUT2D eigenvalue weighted by Gasteiger charge is 2.67. The number of hydrogen-bond donors (Lipinski definition) is 2. The van der Waals surface area contributed by atoms with Gasteiger partial charge in [0.25, 0.3) is 11.9 Å². The lowest BCUT2D eigenvalue weighted by Gasteiger charge is -2.26. The molecule has 0 unspecified atom stereocenters. The predicted molar refractivity (Wildman–Crippen MR) is 149 cm³/mol. The maximum atomic E-state index is 13.3. The zero-order valence-electron chi connectivity index (χ0n) is 20.5. The van der Waals surface area contributed by atoms with Crippen LogP contribution in [0.15, 0.2) is 59.1 Å². The first-order valence-corrected chi connectivity index (χ1v) is 13.6. The molecule has 2 N–H and O–H groups in total. The first-order valence-electron chi connectivity index (χ1n) is 12.0. The quantitative estimate of drug-likeness (QED) is 0.237. The molecule has 0 aliphatic carbocycles. The summed E-state index contributed by atoms with van der Waals surface area (Å²) in [4.78, 5) is 25.6. The van der Waals surface area contributed by atoms with Gasteiger partial charge in [0, 0.05) is 37.8 Å². The number of benzene rings is 3. The lowest BCUT2D eigenvalue weighted by molar-refractivity contribution is -0.532. The Hall–Kier alpha value is -2.85. The second-order valence-electron chi connectivity index (χ2n) is 9.28. The van der Waals surface area contributed by atoms with E-state index >= 15 is 0 Å². The van der Waals surface area contributed by atoms with E-state index in [0.29, 0.717) is 49.4 Å². The second kappa shape index (κ2) is 10.4. The third kappa shape index (κ3) is 4.41. The van der Waals surface area contributed by atoms with Crippen molar-refractivity contribution in [1.29, 1.82) is 0 Å². The Morgan fingerprint density at radius 3 is 2.61 bits per heavy atom. The van der Waals surface area contributed by atoms with Crippen LogP contribution in [0.3, 0.4) is 0 Å². The van der Waals surface area contributed by atoms with Crippen molar-refractivity contribution >= 4 is 50.7 Å². The summed E-state index contributed by atoms with van der Waals surface area (Å²) < 4.78 is 12.6. The van der Waals surface area contributed by atoms with Crippen molar-refractivity contribution in [2.45, 2.75) is 44.0 Å². The fraction of sp³-hybridized carbons (Fsp3) is 0.296. The molecule has 11 heteroatoms. The molecule has 0 saturated carbocycles. The lowest BCUT2D eigenvalue weighted by atomic mass is 9.78. The predicted octanol–water partition coefficient (Wildman–Crippen LogP) is 6.30. The molecule has 1 fully saturated rings. The van der Waals surface area contributed by atoms with Crippen LogP contribution in [0.4, 0.5) is 5.69 Å². The number of amides is 1. The van der Waals surface area contributed by atoms with Crippen LogP contribution in [0.5, 0.6) is 11.5 Å². The number of rotatable bonds is 7. The van der Waals surface area contributed by atoms with Crippen molar-refractivity contribution in [3.63, 3.8) is 0 Å². The Morgan fingerprint density at radius 2 is 1.89 bits per heavy atom. The number of carbonyl (C=O) groups is 1. The molecule has 2 aliphatic heterocycles. The summed E-state index contributed by atoms with van der Waals surface area (Å²) in [6, 6.07) is 14.1. The van der Waals surface area contributed by atoms with Crippen LogP contribution >= 0.6 is 39.1 Å². The number of halogens is 3. The Kier molecular flexibility index (Phi) is 7.30. The number of nitrogens with one attached hydrogen (secondary N) is 2. The molecule has 1 saturated heterocycles. The number of para-hydroxylation sites is 1. The highest BCUT2D eigenvalue weighted by molar-refractivity contribution is 9.10. The van der Waals surface area contributed by atoms with Crippen LogP contribution in [-0.2, 0) is 16.9 Å². The minimum Gasteiger partial charge on any atom is -0.490 e. The topological polar surface area (TPSA) is 103 Å². The van der Waals surface area contributed by atoms with Crippen molar-refractivity contribution in [1.82, 2.24) is 5.32 Å². The van der Waals surface area contributed by atoms with Crippen LogP contribution < -0.4 is 20.1 Å². The number of nitrogens with zero attached hydrogens (tertiary/aromatic N) is 1. The average molecular weight is 621 g/mol. The lowest BCUT2D eigenvalue weighted by Crippen LogP contribution is -2.54. The van der Waals surface area contributed by atoms with Crippen molar-refractivity contribution in [2.75, 3.05) is 11.9 Å². The Labute approximate surface area is 237 Å². The molecule has 5 rings (SSSR count). The summed E-state index contributed by atoms with van der Waals surface area (Å²) in [6.07, 6.45) is 0. The Bertz CT molecular complexity index is 1440. The van der Waals surface area contributed by atoms with Crippen LogP contribution in [0, 0.1) is 10.1 Å². The van der Waals surface area contributed by atoms with Gasteiger partial charge in [-0.15, -0.1) is 0 Å². The third-order valence-electron chi connectivity index (χ3n) is 7.07. The molecule has 3 aromatic carbocycles. The van der Waals surface area contributed by atoms with Crippen LogP contribution in [0.2, 0.25) is 10.0 Å². The summed E-state index contributed by atoms with van der Waals surface area (Å²) in [5.41, 5.74) is 1.04. The molecule has 1 spiro atoms. The number of carbonyl (C=O) groups excluding carboxylic acids is 1. The summed E-state index contributed by atoms with van der Waals surface area (Å²) in [7, 11) is 0. The van der Waals surface area contributed by atoms with E-state index in [2.05, 4.69) is 26.6 Å². The van der Waals surface area contributed by atoms with E-state index in [1.165, 1.54) is 0 Å². The molecule has 2 heterocycles. The van der Waals surface area contributed by atoms with E-state index in [9.17, 15) is 14.9 Å². The van der Waals surface area contributed by atoms with E-state index in [1.54, 1.807) is 54.6 Å². The van der Waals surface area contributed by atoms with Gasteiger partial charge in [-0.05, 0) is 65.7 Å². The first kappa shape index (κ1) is 26.7. The minimum atomic E-state index is -1.50. The average Bonchev–Trinajstić information content (AvgIpc) is 3.33. The second-order valence-corrected chi connectivity index (χ2v) is 11.0. The smallest absolute Gasteiger partial charge is 0.256 e. The van der Waals surface area contributed by atoms with Crippen molar-refractivity contribution < 1.29 is 19.2 Å². The number of anilines is 1. The van der Waals surface area contributed by atoms with Gasteiger partial charge >= 0.3 is 0 Å². The van der Waals surface area contributed by atoms with Crippen LogP contribution in [0.25, 0.3) is 0 Å². The van der Waals surface area contributed by atoms with E-state index in [4.69, 9.17) is 32.7 Å². The maximum absolute atomic E-state index is 13.3. The molecule has 0 aromatic heterocycles. The van der Waals surface area contributed by atoms with Gasteiger partial charge in [-0.1, -0.05) is 47.5 Å².